The Kier molecular flexibility index (Phi) is 4.85. The number of amides is 2. The molecule has 2 N–H and O–H groups in total. The van der Waals surface area contributed by atoms with Gasteiger partial charge in [0, 0.05) is 35.1 Å². The topological polar surface area (TPSA) is 68.3 Å². The van der Waals surface area contributed by atoms with Gasteiger partial charge in [-0.2, -0.15) is 0 Å². The smallest absolute Gasteiger partial charge is 0.271 e. The first kappa shape index (κ1) is 18.6. The number of rotatable bonds is 3. The van der Waals surface area contributed by atoms with Gasteiger partial charge in [0.25, 0.3) is 5.91 Å². The van der Waals surface area contributed by atoms with Crippen molar-refractivity contribution < 1.29 is 9.59 Å². The van der Waals surface area contributed by atoms with Crippen molar-refractivity contribution >= 4 is 34.3 Å². The summed E-state index contributed by atoms with van der Waals surface area (Å²) in [5, 5.41) is 1.65. The summed E-state index contributed by atoms with van der Waals surface area (Å²) in [6.07, 6.45) is 2.95. The molecule has 3 aromatic rings. The summed E-state index contributed by atoms with van der Waals surface area (Å²) >= 11 is 6.12. The second kappa shape index (κ2) is 7.32. The highest BCUT2D eigenvalue weighted by molar-refractivity contribution is 6.31. The van der Waals surface area contributed by atoms with Crippen molar-refractivity contribution in [3.8, 4) is 0 Å². The summed E-state index contributed by atoms with van der Waals surface area (Å²) in [5.41, 5.74) is 8.44. The summed E-state index contributed by atoms with van der Waals surface area (Å²) in [5.74, 6) is -0.434. The summed E-state index contributed by atoms with van der Waals surface area (Å²) in [6, 6.07) is 14.8. The van der Waals surface area contributed by atoms with Crippen molar-refractivity contribution in [1.82, 2.24) is 9.47 Å². The molecule has 0 spiro atoms. The molecule has 1 aromatic heterocycles. The molecule has 1 fully saturated rings. The van der Waals surface area contributed by atoms with E-state index in [-0.39, 0.29) is 11.9 Å². The van der Waals surface area contributed by atoms with Crippen molar-refractivity contribution in [1.29, 1.82) is 0 Å². The summed E-state index contributed by atoms with van der Waals surface area (Å²) in [7, 11) is 1.90. The van der Waals surface area contributed by atoms with Gasteiger partial charge < -0.3 is 15.2 Å². The van der Waals surface area contributed by atoms with E-state index in [9.17, 15) is 9.59 Å². The first-order valence-electron chi connectivity index (χ1n) is 9.41. The lowest BCUT2D eigenvalue weighted by Gasteiger charge is -2.36. The fraction of sp³-hybridized carbons (Fsp3) is 0.273. The molecule has 28 heavy (non-hydrogen) atoms. The highest BCUT2D eigenvalue weighted by Gasteiger charge is 2.30. The van der Waals surface area contributed by atoms with E-state index in [2.05, 4.69) is 0 Å². The van der Waals surface area contributed by atoms with Gasteiger partial charge in [-0.1, -0.05) is 29.8 Å². The molecule has 2 heterocycles. The van der Waals surface area contributed by atoms with Crippen LogP contribution in [0.25, 0.3) is 10.9 Å². The van der Waals surface area contributed by atoms with Crippen LogP contribution in [0.5, 0.6) is 0 Å². The third kappa shape index (κ3) is 3.27. The van der Waals surface area contributed by atoms with Crippen LogP contribution in [0.3, 0.4) is 0 Å². The minimum absolute atomic E-state index is 0.00947. The molecule has 0 radical (unpaired) electrons. The maximum Gasteiger partial charge on any atom is 0.271 e. The van der Waals surface area contributed by atoms with E-state index in [0.29, 0.717) is 22.8 Å². The second-order valence-electron chi connectivity index (χ2n) is 7.29. The maximum atomic E-state index is 13.4. The lowest BCUT2D eigenvalue weighted by molar-refractivity contribution is 0.0602. The Morgan fingerprint density at radius 3 is 2.54 bits per heavy atom. The highest BCUT2D eigenvalue weighted by Crippen LogP contribution is 2.33. The highest BCUT2D eigenvalue weighted by atomic mass is 35.5. The quantitative estimate of drug-likeness (QED) is 0.718. The number of hydrogen-bond acceptors (Lipinski definition) is 2. The molecule has 0 bridgehead atoms. The van der Waals surface area contributed by atoms with Gasteiger partial charge in [-0.25, -0.2) is 0 Å². The Balaban J connectivity index is 1.68. The number of benzene rings is 2. The fourth-order valence-electron chi connectivity index (χ4n) is 4.05. The number of fused-ring (bicyclic) bond motifs is 1. The number of carbonyl (C=O) groups is 2. The van der Waals surface area contributed by atoms with Crippen LogP contribution in [-0.2, 0) is 7.05 Å². The van der Waals surface area contributed by atoms with Gasteiger partial charge in [-0.15, -0.1) is 0 Å². The first-order chi connectivity index (χ1) is 13.5. The zero-order chi connectivity index (χ0) is 19.8. The van der Waals surface area contributed by atoms with Gasteiger partial charge in [0.15, 0.2) is 0 Å². The number of carbonyl (C=O) groups excluding carboxylic acids is 2. The number of aromatic nitrogens is 1. The van der Waals surface area contributed by atoms with Gasteiger partial charge in [-0.3, -0.25) is 9.59 Å². The van der Waals surface area contributed by atoms with E-state index in [1.165, 1.54) is 0 Å². The van der Waals surface area contributed by atoms with Crippen LogP contribution < -0.4 is 5.73 Å². The van der Waals surface area contributed by atoms with Crippen LogP contribution in [0.15, 0.2) is 48.5 Å². The number of halogens is 1. The lowest BCUT2D eigenvalue weighted by atomic mass is 9.94. The van der Waals surface area contributed by atoms with Gasteiger partial charge in [-0.05, 0) is 55.2 Å². The van der Waals surface area contributed by atoms with E-state index >= 15 is 0 Å². The van der Waals surface area contributed by atoms with Crippen LogP contribution in [0.2, 0.25) is 5.02 Å². The molecule has 1 aliphatic rings. The van der Waals surface area contributed by atoms with Crippen molar-refractivity contribution in [2.24, 2.45) is 12.8 Å². The predicted molar refractivity (Wildman–Crippen MR) is 111 cm³/mol. The van der Waals surface area contributed by atoms with Crippen LogP contribution >= 0.6 is 11.6 Å². The van der Waals surface area contributed by atoms with Crippen LogP contribution in [-0.4, -0.2) is 27.8 Å². The number of likely N-dealkylation sites (tertiary alicyclic amines) is 1. The number of nitrogens with zero attached hydrogens (tertiary/aromatic N) is 2. The third-order valence-corrected chi connectivity index (χ3v) is 5.81. The van der Waals surface area contributed by atoms with Gasteiger partial charge in [0.2, 0.25) is 5.91 Å². The number of primary amides is 1. The molecule has 1 saturated heterocycles. The summed E-state index contributed by atoms with van der Waals surface area (Å²) < 4.78 is 1.91. The van der Waals surface area contributed by atoms with Crippen LogP contribution in [0.4, 0.5) is 0 Å². The molecular weight excluding hydrogens is 374 g/mol. The molecule has 144 valence electrons. The van der Waals surface area contributed by atoms with Gasteiger partial charge in [0.1, 0.15) is 5.69 Å². The largest absolute Gasteiger partial charge is 0.366 e. The minimum atomic E-state index is -0.447. The molecule has 5 nitrogen and oxygen atoms in total. The first-order valence-corrected chi connectivity index (χ1v) is 9.79. The fourth-order valence-corrected chi connectivity index (χ4v) is 4.21. The molecule has 1 unspecified atom stereocenters. The number of hydrogen-bond donors (Lipinski definition) is 1. The minimum Gasteiger partial charge on any atom is -0.366 e. The van der Waals surface area contributed by atoms with Crippen LogP contribution in [0.1, 0.15) is 51.7 Å². The van der Waals surface area contributed by atoms with Crippen molar-refractivity contribution in [3.63, 3.8) is 0 Å². The van der Waals surface area contributed by atoms with Crippen LogP contribution in [0, 0.1) is 0 Å². The summed E-state index contributed by atoms with van der Waals surface area (Å²) in [4.78, 5) is 26.7. The molecule has 4 rings (SSSR count). The summed E-state index contributed by atoms with van der Waals surface area (Å²) in [6.45, 7) is 0.712. The second-order valence-corrected chi connectivity index (χ2v) is 7.72. The van der Waals surface area contributed by atoms with Gasteiger partial charge in [0.05, 0.1) is 6.04 Å². The van der Waals surface area contributed by atoms with E-state index < -0.39 is 5.91 Å². The predicted octanol–water partition coefficient (Wildman–Crippen LogP) is 4.30. The van der Waals surface area contributed by atoms with E-state index in [0.717, 1.165) is 35.7 Å². The number of aryl methyl sites for hydroxylation is 1. The normalized spacial score (nSPS) is 17.1. The third-order valence-electron chi connectivity index (χ3n) is 5.57. The van der Waals surface area contributed by atoms with E-state index in [1.807, 2.05) is 52.9 Å². The van der Waals surface area contributed by atoms with Crippen molar-refractivity contribution in [2.45, 2.75) is 25.3 Å². The SMILES string of the molecule is Cn1c(C(=O)N2CCCCC2c2ccc(C(N)=O)cc2)cc2ccc(Cl)cc21. The number of nitrogens with two attached hydrogens (primary N) is 1. The van der Waals surface area contributed by atoms with E-state index in [1.54, 1.807) is 12.1 Å². The number of piperidine rings is 1. The molecule has 0 aliphatic carbocycles. The maximum absolute atomic E-state index is 13.4. The Morgan fingerprint density at radius 2 is 1.82 bits per heavy atom. The van der Waals surface area contributed by atoms with Crippen molar-refractivity contribution in [3.05, 3.63) is 70.4 Å². The van der Waals surface area contributed by atoms with Gasteiger partial charge >= 0.3 is 0 Å². The molecular formula is C22H22ClN3O2. The average molecular weight is 396 g/mol. The molecule has 1 aliphatic heterocycles. The molecule has 0 saturated carbocycles. The zero-order valence-corrected chi connectivity index (χ0v) is 16.4. The molecule has 1 atom stereocenters. The lowest BCUT2D eigenvalue weighted by Crippen LogP contribution is -2.39. The van der Waals surface area contributed by atoms with Crippen molar-refractivity contribution in [2.75, 3.05) is 6.54 Å². The Morgan fingerprint density at radius 1 is 1.07 bits per heavy atom. The standard InChI is InChI=1S/C22H22ClN3O2/c1-25-19-13-17(23)10-9-16(19)12-20(25)22(28)26-11-3-2-4-18(26)14-5-7-15(8-6-14)21(24)27/h5-10,12-13,18H,2-4,11H2,1H3,(H2,24,27). The Hall–Kier alpha value is -2.79. The molecule has 2 aromatic carbocycles. The molecule has 6 heteroatoms. The van der Waals surface area contributed by atoms with E-state index in [4.69, 9.17) is 17.3 Å². The molecule has 2 amide bonds. The Labute approximate surface area is 168 Å². The monoisotopic (exact) mass is 395 g/mol. The zero-order valence-electron chi connectivity index (χ0n) is 15.7. The average Bonchev–Trinajstić information content (AvgIpc) is 3.03. The Bertz CT molecular complexity index is 1060.